The van der Waals surface area contributed by atoms with Crippen LogP contribution >= 0.6 is 12.2 Å². The molecule has 1 aromatic rings. The van der Waals surface area contributed by atoms with Gasteiger partial charge < -0.3 is 15.8 Å². The minimum Gasteiger partial charge on any atom is -0.389 e. The number of hydrogen-bond acceptors (Lipinski definition) is 4. The fourth-order valence-electron chi connectivity index (χ4n) is 1.91. The zero-order valence-corrected chi connectivity index (χ0v) is 12.2. The van der Waals surface area contributed by atoms with Gasteiger partial charge in [-0.3, -0.25) is 0 Å². The number of nitrogens with zero attached hydrogens (tertiary/aromatic N) is 1. The highest BCUT2D eigenvalue weighted by Crippen LogP contribution is 2.20. The second-order valence-corrected chi connectivity index (χ2v) is 4.81. The SMILES string of the molecule is CCC(COC)Nc1nc(C)cc(C)c1C(N)=S. The van der Waals surface area contributed by atoms with Crippen LogP contribution in [0.1, 0.15) is 30.2 Å². The Morgan fingerprint density at radius 2 is 2.22 bits per heavy atom. The van der Waals surface area contributed by atoms with E-state index in [-0.39, 0.29) is 6.04 Å². The van der Waals surface area contributed by atoms with Gasteiger partial charge in [0.25, 0.3) is 0 Å². The Morgan fingerprint density at radius 3 is 2.72 bits per heavy atom. The van der Waals surface area contributed by atoms with Gasteiger partial charge in [-0.05, 0) is 31.9 Å². The zero-order chi connectivity index (χ0) is 13.7. The van der Waals surface area contributed by atoms with Gasteiger partial charge in [0.15, 0.2) is 0 Å². The van der Waals surface area contributed by atoms with E-state index >= 15 is 0 Å². The van der Waals surface area contributed by atoms with Crippen LogP contribution in [0.5, 0.6) is 0 Å². The number of rotatable bonds is 6. The van der Waals surface area contributed by atoms with Gasteiger partial charge in [0.2, 0.25) is 0 Å². The van der Waals surface area contributed by atoms with Crippen molar-refractivity contribution in [3.05, 3.63) is 22.9 Å². The van der Waals surface area contributed by atoms with Gasteiger partial charge in [0, 0.05) is 12.8 Å². The molecular weight excluding hydrogens is 246 g/mol. The number of aryl methyl sites for hydroxylation is 2. The predicted molar refractivity (Wildman–Crippen MR) is 79.2 cm³/mol. The summed E-state index contributed by atoms with van der Waals surface area (Å²) in [6.45, 7) is 6.67. The zero-order valence-electron chi connectivity index (χ0n) is 11.4. The molecule has 0 amide bonds. The minimum atomic E-state index is 0.205. The molecule has 0 spiro atoms. The van der Waals surface area contributed by atoms with Crippen LogP contribution in [0, 0.1) is 13.8 Å². The van der Waals surface area contributed by atoms with Gasteiger partial charge in [0.1, 0.15) is 10.8 Å². The third-order valence-corrected chi connectivity index (χ3v) is 3.00. The number of methoxy groups -OCH3 is 1. The molecule has 0 fully saturated rings. The lowest BCUT2D eigenvalue weighted by Gasteiger charge is -2.20. The summed E-state index contributed by atoms with van der Waals surface area (Å²) < 4.78 is 5.17. The maximum atomic E-state index is 5.78. The molecule has 100 valence electrons. The highest BCUT2D eigenvalue weighted by atomic mass is 32.1. The van der Waals surface area contributed by atoms with E-state index in [1.54, 1.807) is 7.11 Å². The lowest BCUT2D eigenvalue weighted by molar-refractivity contribution is 0.184. The number of nitrogens with one attached hydrogen (secondary N) is 1. The van der Waals surface area contributed by atoms with E-state index in [9.17, 15) is 0 Å². The summed E-state index contributed by atoms with van der Waals surface area (Å²) in [7, 11) is 1.69. The normalized spacial score (nSPS) is 12.2. The highest BCUT2D eigenvalue weighted by molar-refractivity contribution is 7.80. The smallest absolute Gasteiger partial charge is 0.137 e. The van der Waals surface area contributed by atoms with Crippen LogP contribution in [0.2, 0.25) is 0 Å². The molecule has 0 aromatic carbocycles. The first kappa shape index (κ1) is 14.9. The average molecular weight is 267 g/mol. The van der Waals surface area contributed by atoms with Crippen molar-refractivity contribution in [3.63, 3.8) is 0 Å². The first-order valence-corrected chi connectivity index (χ1v) is 6.43. The van der Waals surface area contributed by atoms with Crippen LogP contribution in [0.4, 0.5) is 5.82 Å². The molecule has 0 saturated carbocycles. The van der Waals surface area contributed by atoms with Crippen LogP contribution in [0.25, 0.3) is 0 Å². The molecule has 0 saturated heterocycles. The van der Waals surface area contributed by atoms with Gasteiger partial charge in [-0.15, -0.1) is 0 Å². The Bertz CT molecular complexity index is 434. The summed E-state index contributed by atoms with van der Waals surface area (Å²) in [5.41, 5.74) is 8.59. The first-order chi connectivity index (χ1) is 8.49. The Labute approximate surface area is 114 Å². The van der Waals surface area contributed by atoms with Crippen LogP contribution in [-0.2, 0) is 4.74 Å². The number of thiocarbonyl (C=S) groups is 1. The summed E-state index contributed by atoms with van der Waals surface area (Å²) in [5, 5.41) is 3.36. The Balaban J connectivity index is 3.09. The van der Waals surface area contributed by atoms with Crippen molar-refractivity contribution in [2.24, 2.45) is 5.73 Å². The molecule has 0 aliphatic rings. The van der Waals surface area contributed by atoms with Gasteiger partial charge >= 0.3 is 0 Å². The van der Waals surface area contributed by atoms with Crippen molar-refractivity contribution in [2.45, 2.75) is 33.2 Å². The molecule has 1 heterocycles. The molecule has 1 aromatic heterocycles. The average Bonchev–Trinajstić information content (AvgIpc) is 2.26. The number of aromatic nitrogens is 1. The molecule has 1 rings (SSSR count). The molecule has 0 bridgehead atoms. The summed E-state index contributed by atoms with van der Waals surface area (Å²) >= 11 is 5.10. The van der Waals surface area contributed by atoms with E-state index in [1.165, 1.54) is 0 Å². The molecule has 0 aliphatic heterocycles. The number of ether oxygens (including phenoxy) is 1. The molecule has 18 heavy (non-hydrogen) atoms. The van der Waals surface area contributed by atoms with Crippen molar-refractivity contribution < 1.29 is 4.74 Å². The molecule has 1 unspecified atom stereocenters. The highest BCUT2D eigenvalue weighted by Gasteiger charge is 2.14. The molecule has 0 aliphatic carbocycles. The van der Waals surface area contributed by atoms with Gasteiger partial charge in [-0.2, -0.15) is 0 Å². The van der Waals surface area contributed by atoms with Crippen LogP contribution in [-0.4, -0.2) is 29.7 Å². The Hall–Kier alpha value is -1.20. The molecule has 0 radical (unpaired) electrons. The quantitative estimate of drug-likeness (QED) is 0.774. The third-order valence-electron chi connectivity index (χ3n) is 2.79. The van der Waals surface area contributed by atoms with Crippen LogP contribution in [0.15, 0.2) is 6.07 Å². The van der Waals surface area contributed by atoms with E-state index in [0.717, 1.165) is 29.1 Å². The van der Waals surface area contributed by atoms with Crippen molar-refractivity contribution in [1.82, 2.24) is 4.98 Å². The lowest BCUT2D eigenvalue weighted by Crippen LogP contribution is -2.27. The Morgan fingerprint density at radius 1 is 1.56 bits per heavy atom. The number of hydrogen-bond donors (Lipinski definition) is 2. The van der Waals surface area contributed by atoms with Crippen molar-refractivity contribution in [3.8, 4) is 0 Å². The van der Waals surface area contributed by atoms with Crippen molar-refractivity contribution in [1.29, 1.82) is 0 Å². The number of anilines is 1. The number of nitrogens with two attached hydrogens (primary N) is 1. The summed E-state index contributed by atoms with van der Waals surface area (Å²) in [4.78, 5) is 4.86. The molecule has 5 heteroatoms. The minimum absolute atomic E-state index is 0.205. The van der Waals surface area contributed by atoms with Gasteiger partial charge in [0.05, 0.1) is 18.2 Å². The number of pyridine rings is 1. The van der Waals surface area contributed by atoms with Gasteiger partial charge in [-0.25, -0.2) is 4.98 Å². The van der Waals surface area contributed by atoms with Crippen molar-refractivity contribution in [2.75, 3.05) is 19.0 Å². The van der Waals surface area contributed by atoms with E-state index < -0.39 is 0 Å². The summed E-state index contributed by atoms with van der Waals surface area (Å²) in [6.07, 6.45) is 0.944. The third kappa shape index (κ3) is 3.65. The standard InChI is InChI=1S/C13H21N3OS/c1-5-10(7-17-4)16-13-11(12(14)18)8(2)6-9(3)15-13/h6,10H,5,7H2,1-4H3,(H2,14,18)(H,15,16). The summed E-state index contributed by atoms with van der Waals surface area (Å²) in [6, 6.07) is 2.19. The van der Waals surface area contributed by atoms with E-state index in [0.29, 0.717) is 11.6 Å². The Kier molecular flexibility index (Phi) is 5.50. The maximum absolute atomic E-state index is 5.78. The van der Waals surface area contributed by atoms with Crippen LogP contribution < -0.4 is 11.1 Å². The first-order valence-electron chi connectivity index (χ1n) is 6.03. The summed E-state index contributed by atoms with van der Waals surface area (Å²) in [5.74, 6) is 0.754. The van der Waals surface area contributed by atoms with E-state index in [4.69, 9.17) is 22.7 Å². The van der Waals surface area contributed by atoms with Gasteiger partial charge in [-0.1, -0.05) is 19.1 Å². The molecule has 3 N–H and O–H groups in total. The molecular formula is C13H21N3OS. The molecule has 1 atom stereocenters. The fraction of sp³-hybridized carbons (Fsp3) is 0.538. The van der Waals surface area contributed by atoms with Crippen molar-refractivity contribution >= 4 is 23.0 Å². The van der Waals surface area contributed by atoms with E-state index in [2.05, 4.69) is 17.2 Å². The fourth-order valence-corrected chi connectivity index (χ4v) is 2.17. The maximum Gasteiger partial charge on any atom is 0.137 e. The molecule has 4 nitrogen and oxygen atoms in total. The second kappa shape index (κ2) is 6.66. The van der Waals surface area contributed by atoms with Crippen LogP contribution in [0.3, 0.4) is 0 Å². The monoisotopic (exact) mass is 267 g/mol. The topological polar surface area (TPSA) is 60.2 Å². The van der Waals surface area contributed by atoms with E-state index in [1.807, 2.05) is 19.9 Å². The lowest BCUT2D eigenvalue weighted by atomic mass is 10.1. The second-order valence-electron chi connectivity index (χ2n) is 4.37. The predicted octanol–water partition coefficient (Wildman–Crippen LogP) is 2.17. The largest absolute Gasteiger partial charge is 0.389 e.